The third-order valence-electron chi connectivity index (χ3n) is 9.71. The van der Waals surface area contributed by atoms with Crippen molar-refractivity contribution in [1.82, 2.24) is 0 Å². The van der Waals surface area contributed by atoms with E-state index in [1.165, 1.54) is 0 Å². The maximum atomic E-state index is 12.2. The van der Waals surface area contributed by atoms with Gasteiger partial charge in [-0.25, -0.2) is 5.26 Å². The molecule has 11 nitrogen and oxygen atoms in total. The van der Waals surface area contributed by atoms with E-state index in [1.807, 2.05) is 63.3 Å². The van der Waals surface area contributed by atoms with Crippen molar-refractivity contribution in [2.45, 2.75) is 64.7 Å². The first kappa shape index (κ1) is 44.9. The monoisotopic (exact) mass is 829 g/mol. The van der Waals surface area contributed by atoms with Crippen LogP contribution in [0, 0.1) is 30.9 Å². The summed E-state index contributed by atoms with van der Waals surface area (Å²) in [4.78, 5) is 26.2. The van der Waals surface area contributed by atoms with E-state index in [2.05, 4.69) is 46.4 Å². The van der Waals surface area contributed by atoms with Crippen LogP contribution in [0.3, 0.4) is 0 Å². The number of anilines is 1. The van der Waals surface area contributed by atoms with E-state index in [-0.39, 0.29) is 75.5 Å². The number of aryl methyl sites for hydroxylation is 1. The van der Waals surface area contributed by atoms with Crippen LogP contribution >= 0.6 is 35.7 Å². The number of carbonyl (C=O) groups is 2. The smallest absolute Gasteiger partial charge is 0.710 e. The number of benzene rings is 2. The summed E-state index contributed by atoms with van der Waals surface area (Å²) >= 11 is 7.50. The minimum Gasteiger partial charge on any atom is -0.710 e. The van der Waals surface area contributed by atoms with Gasteiger partial charge in [0.1, 0.15) is 17.8 Å². The van der Waals surface area contributed by atoms with Crippen molar-refractivity contribution in [3.8, 4) is 41.2 Å². The van der Waals surface area contributed by atoms with Gasteiger partial charge in [0.2, 0.25) is 17.4 Å². The number of hydrogen-bond donors (Lipinski definition) is 1. The van der Waals surface area contributed by atoms with Gasteiger partial charge in [0.25, 0.3) is 10.2 Å². The Bertz CT molecular complexity index is 2190. The average Bonchev–Trinajstić information content (AvgIpc) is 3.47. The van der Waals surface area contributed by atoms with Crippen LogP contribution in [-0.4, -0.2) is 47.1 Å². The Morgan fingerprint density at radius 2 is 1.56 bits per heavy atom. The first-order valence-corrected chi connectivity index (χ1v) is 18.6. The zero-order chi connectivity index (χ0) is 39.4. The van der Waals surface area contributed by atoms with Crippen molar-refractivity contribution < 1.29 is 98.9 Å². The number of hydrogen-bond acceptors (Lipinski definition) is 12. The molecule has 0 amide bonds. The Balaban J connectivity index is 0.00000673. The van der Waals surface area contributed by atoms with Crippen LogP contribution < -0.4 is 75.8 Å². The predicted molar refractivity (Wildman–Crippen MR) is 208 cm³/mol. The van der Waals surface area contributed by atoms with Crippen molar-refractivity contribution in [1.29, 1.82) is 0 Å². The van der Waals surface area contributed by atoms with E-state index < -0.39 is 21.1 Å². The minimum absolute atomic E-state index is 0. The van der Waals surface area contributed by atoms with Crippen LogP contribution in [0.2, 0.25) is 0 Å². The largest absolute Gasteiger partial charge is 1.00 e. The van der Waals surface area contributed by atoms with E-state index in [9.17, 15) is 14.8 Å². The molecule has 2 aromatic carbocycles. The second-order valence-corrected chi connectivity index (χ2v) is 15.2. The molecule has 0 atom stereocenters. The maximum Gasteiger partial charge on any atom is 1.00 e. The molecule has 0 bridgehead atoms. The number of fused-ring (bicyclic) bond motifs is 2. The Labute approximate surface area is 377 Å². The molecule has 0 unspecified atom stereocenters. The molecule has 0 radical (unpaired) electrons. The van der Waals surface area contributed by atoms with Gasteiger partial charge in [0.15, 0.2) is 11.5 Å². The number of allylic oxidation sites excluding steroid dienone is 8. The zero-order valence-corrected chi connectivity index (χ0v) is 37.6. The van der Waals surface area contributed by atoms with Gasteiger partial charge < -0.3 is 23.8 Å². The molecule has 55 heavy (non-hydrogen) atoms. The number of rotatable bonds is 8. The van der Waals surface area contributed by atoms with E-state index in [4.69, 9.17) is 31.1 Å². The fourth-order valence-electron chi connectivity index (χ4n) is 6.91. The quantitative estimate of drug-likeness (QED) is 0.102. The van der Waals surface area contributed by atoms with Crippen molar-refractivity contribution in [2.75, 3.05) is 26.2 Å². The summed E-state index contributed by atoms with van der Waals surface area (Å²) in [5, 5.41) is 18.5. The Kier molecular flexibility index (Phi) is 15.6. The van der Waals surface area contributed by atoms with E-state index >= 15 is 0 Å². The van der Waals surface area contributed by atoms with Gasteiger partial charge in [-0.2, -0.15) is 4.33 Å². The van der Waals surface area contributed by atoms with Crippen LogP contribution in [0.15, 0.2) is 70.4 Å². The molecule has 282 valence electrons. The van der Waals surface area contributed by atoms with E-state index in [0.29, 0.717) is 22.2 Å². The van der Waals surface area contributed by atoms with Crippen LogP contribution in [0.1, 0.15) is 63.6 Å². The minimum atomic E-state index is -0.737. The third-order valence-corrected chi connectivity index (χ3v) is 10.8. The summed E-state index contributed by atoms with van der Waals surface area (Å²) in [6, 6.07) is 13.5. The van der Waals surface area contributed by atoms with Gasteiger partial charge in [-0.05, 0) is 86.6 Å². The molecule has 5 rings (SSSR count). The molecular weight excluding hydrogens is 791 g/mol. The van der Waals surface area contributed by atoms with Gasteiger partial charge >= 0.3 is 51.4 Å². The molecule has 1 aliphatic carbocycles. The van der Waals surface area contributed by atoms with Crippen molar-refractivity contribution >= 4 is 63.0 Å². The molecular formula is C40H39ClKN2O9S2+. The van der Waals surface area contributed by atoms with Crippen LogP contribution in [0.5, 0.6) is 17.2 Å². The molecule has 0 aromatic heterocycles. The standard InChI is InChI=1S/C40H39ClN2O9S2.K/c1-24-20-29-27(21-31(24)48-6)39(2,3)34(42(29)18-16-36(44)53-51-46)14-12-25-10-9-11-26(38(25)41)13-15-35-40(4,5)28-22-32(49-7)33(50-8)23-30(28)43(35)19-17-37(45)54-52-47;/h12-15,20-23H,9-11H2,1-8H3,(H-,46,47);/q;+1. The molecule has 0 spiro atoms. The van der Waals surface area contributed by atoms with Crippen molar-refractivity contribution in [2.24, 2.45) is 0 Å². The topological polar surface area (TPSA) is 130 Å². The molecule has 2 heterocycles. The summed E-state index contributed by atoms with van der Waals surface area (Å²) in [6.45, 7) is 10.2. The molecule has 2 aliphatic heterocycles. The Hall–Kier alpha value is -2.80. The first-order valence-electron chi connectivity index (χ1n) is 16.7. The fraction of sp³-hybridized carbons (Fsp3) is 0.325. The first-order chi connectivity index (χ1) is 25.7. The zero-order valence-electron chi connectivity index (χ0n) is 32.0. The van der Waals surface area contributed by atoms with E-state index in [0.717, 1.165) is 69.9 Å². The van der Waals surface area contributed by atoms with Crippen LogP contribution in [0.4, 0.5) is 11.4 Å². The molecule has 0 saturated heterocycles. The fourth-order valence-corrected chi connectivity index (χ4v) is 7.53. The summed E-state index contributed by atoms with van der Waals surface area (Å²) in [7, 11) is 4.73. The second kappa shape index (κ2) is 19.1. The van der Waals surface area contributed by atoms with Gasteiger partial charge in [0.05, 0.1) is 56.5 Å². The van der Waals surface area contributed by atoms with E-state index in [1.54, 1.807) is 36.9 Å². The summed E-state index contributed by atoms with van der Waals surface area (Å²) in [5.74, 6) is 6.80. The maximum absolute atomic E-state index is 12.2. The van der Waals surface area contributed by atoms with Gasteiger partial charge in [-0.1, -0.05) is 37.6 Å². The SMILES string of the molecule is COc1cc2c(cc1C)N(C#CC(=O)SOO)/C(=C\C=C1/CCCC(/C=C/C3=[N+](C#CC(=O)SO[O-])c4cc(OC)c(OC)cc4C3(C)C)=C1Cl)C2(C)C.[K+]. The second-order valence-electron chi connectivity index (χ2n) is 13.5. The van der Waals surface area contributed by atoms with Gasteiger partial charge in [0, 0.05) is 39.7 Å². The van der Waals surface area contributed by atoms with Crippen molar-refractivity contribution in [3.63, 3.8) is 0 Å². The summed E-state index contributed by atoms with van der Waals surface area (Å²) in [5.41, 5.74) is 6.59. The Morgan fingerprint density at radius 3 is 2.22 bits per heavy atom. The Morgan fingerprint density at radius 1 is 0.909 bits per heavy atom. The average molecular weight is 830 g/mol. The summed E-state index contributed by atoms with van der Waals surface area (Å²) in [6.07, 6.45) is 10.2. The number of carbonyl (C=O) groups excluding carboxylic acids is 2. The molecule has 0 fully saturated rings. The molecule has 3 aliphatic rings. The molecule has 0 saturated carbocycles. The number of halogens is 1. The number of ether oxygens (including phenoxy) is 3. The normalized spacial score (nSPS) is 18.0. The van der Waals surface area contributed by atoms with Crippen LogP contribution in [-0.2, 0) is 29.1 Å². The van der Waals surface area contributed by atoms with Gasteiger partial charge in [-0.3, -0.25) is 14.5 Å². The predicted octanol–water partition coefficient (Wildman–Crippen LogP) is 4.30. The number of nitrogens with zero attached hydrogens (tertiary/aromatic N) is 2. The summed E-state index contributed by atoms with van der Waals surface area (Å²) < 4.78 is 26.1. The molecule has 1 N–H and O–H groups in total. The van der Waals surface area contributed by atoms with Gasteiger partial charge in [-0.15, -0.1) is 4.58 Å². The van der Waals surface area contributed by atoms with Crippen LogP contribution in [0.25, 0.3) is 0 Å². The molecule has 2 aromatic rings. The number of methoxy groups -OCH3 is 3. The molecule has 15 heteroatoms. The van der Waals surface area contributed by atoms with Crippen molar-refractivity contribution in [3.05, 3.63) is 87.1 Å². The third kappa shape index (κ3) is 9.34.